The maximum absolute atomic E-state index is 13.2. The van der Waals surface area contributed by atoms with Gasteiger partial charge in [-0.05, 0) is 57.0 Å². The second-order valence-corrected chi connectivity index (χ2v) is 5.63. The van der Waals surface area contributed by atoms with Crippen LogP contribution in [0.25, 0.3) is 0 Å². The van der Waals surface area contributed by atoms with E-state index in [-0.39, 0.29) is 18.8 Å². The van der Waals surface area contributed by atoms with Crippen LogP contribution in [0.3, 0.4) is 0 Å². The number of hydrogen-bond acceptors (Lipinski definition) is 1. The van der Waals surface area contributed by atoms with Gasteiger partial charge in [-0.1, -0.05) is 12.2 Å². The highest BCUT2D eigenvalue weighted by atomic mass is 19.3. The standard InChI is InChI=1S/C14H23F2N/c15-14(16)8-4-7-13(9-14)11-17-10-12-5-2-1-3-6-12/h1-2,12-13,17H,3-11H2. The Balaban J connectivity index is 1.63. The molecule has 17 heavy (non-hydrogen) atoms. The molecule has 0 aliphatic heterocycles. The lowest BCUT2D eigenvalue weighted by molar-refractivity contribution is -0.0520. The van der Waals surface area contributed by atoms with Crippen LogP contribution in [-0.2, 0) is 0 Å². The zero-order valence-electron chi connectivity index (χ0n) is 10.4. The number of allylic oxidation sites excluding steroid dienone is 2. The normalized spacial score (nSPS) is 32.6. The van der Waals surface area contributed by atoms with E-state index in [1.165, 1.54) is 12.8 Å². The van der Waals surface area contributed by atoms with Gasteiger partial charge in [0.1, 0.15) is 0 Å². The first-order chi connectivity index (χ1) is 8.16. The van der Waals surface area contributed by atoms with Crippen molar-refractivity contribution in [3.63, 3.8) is 0 Å². The van der Waals surface area contributed by atoms with Crippen LogP contribution in [0.2, 0.25) is 0 Å². The molecule has 3 heteroatoms. The fourth-order valence-electron chi connectivity index (χ4n) is 2.98. The third-order valence-corrected chi connectivity index (χ3v) is 3.99. The highest BCUT2D eigenvalue weighted by molar-refractivity contribution is 4.90. The van der Waals surface area contributed by atoms with Crippen molar-refractivity contribution in [2.75, 3.05) is 13.1 Å². The number of alkyl halides is 2. The van der Waals surface area contributed by atoms with Crippen LogP contribution in [0, 0.1) is 11.8 Å². The van der Waals surface area contributed by atoms with Gasteiger partial charge in [-0.2, -0.15) is 0 Å². The van der Waals surface area contributed by atoms with Crippen molar-refractivity contribution < 1.29 is 8.78 Å². The molecule has 0 heterocycles. The predicted octanol–water partition coefficient (Wildman–Crippen LogP) is 3.76. The van der Waals surface area contributed by atoms with E-state index in [9.17, 15) is 8.78 Å². The van der Waals surface area contributed by atoms with Gasteiger partial charge in [-0.25, -0.2) is 8.78 Å². The summed E-state index contributed by atoms with van der Waals surface area (Å²) < 4.78 is 26.4. The molecular weight excluding hydrogens is 220 g/mol. The molecule has 1 nitrogen and oxygen atoms in total. The smallest absolute Gasteiger partial charge is 0.248 e. The van der Waals surface area contributed by atoms with Gasteiger partial charge in [-0.3, -0.25) is 0 Å². The quantitative estimate of drug-likeness (QED) is 0.741. The van der Waals surface area contributed by atoms with E-state index in [2.05, 4.69) is 17.5 Å². The van der Waals surface area contributed by atoms with Crippen LogP contribution < -0.4 is 5.32 Å². The minimum atomic E-state index is -2.40. The molecule has 0 amide bonds. The average molecular weight is 243 g/mol. The van der Waals surface area contributed by atoms with Gasteiger partial charge >= 0.3 is 0 Å². The Morgan fingerprint density at radius 2 is 1.94 bits per heavy atom. The van der Waals surface area contributed by atoms with Crippen LogP contribution in [0.15, 0.2) is 12.2 Å². The first-order valence-corrected chi connectivity index (χ1v) is 6.89. The summed E-state index contributed by atoms with van der Waals surface area (Å²) in [5.41, 5.74) is 0. The number of hydrogen-bond donors (Lipinski definition) is 1. The minimum Gasteiger partial charge on any atom is -0.316 e. The first-order valence-electron chi connectivity index (χ1n) is 6.89. The summed E-state index contributed by atoms with van der Waals surface area (Å²) in [6.07, 6.45) is 9.87. The first kappa shape index (κ1) is 13.0. The van der Waals surface area contributed by atoms with E-state index >= 15 is 0 Å². The van der Waals surface area contributed by atoms with Crippen LogP contribution in [0.4, 0.5) is 8.78 Å². The number of nitrogens with one attached hydrogen (secondary N) is 1. The molecule has 0 radical (unpaired) electrons. The molecule has 0 spiro atoms. The lowest BCUT2D eigenvalue weighted by Crippen LogP contribution is -2.34. The topological polar surface area (TPSA) is 12.0 Å². The van der Waals surface area contributed by atoms with Crippen LogP contribution in [0.1, 0.15) is 44.9 Å². The molecule has 98 valence electrons. The van der Waals surface area contributed by atoms with Crippen molar-refractivity contribution in [2.45, 2.75) is 50.9 Å². The predicted molar refractivity (Wildman–Crippen MR) is 66.3 cm³/mol. The maximum atomic E-state index is 13.2. The van der Waals surface area contributed by atoms with Crippen molar-refractivity contribution in [1.29, 1.82) is 0 Å². The van der Waals surface area contributed by atoms with Gasteiger partial charge in [0, 0.05) is 12.8 Å². The summed E-state index contributed by atoms with van der Waals surface area (Å²) in [7, 11) is 0. The van der Waals surface area contributed by atoms with Gasteiger partial charge in [0.25, 0.3) is 0 Å². The summed E-state index contributed by atoms with van der Waals surface area (Å²) in [4.78, 5) is 0. The fourth-order valence-corrected chi connectivity index (χ4v) is 2.98. The van der Waals surface area contributed by atoms with Crippen LogP contribution >= 0.6 is 0 Å². The van der Waals surface area contributed by atoms with E-state index in [0.717, 1.165) is 25.9 Å². The molecule has 1 saturated carbocycles. The Kier molecular flexibility index (Phi) is 4.55. The van der Waals surface area contributed by atoms with Crippen LogP contribution in [-0.4, -0.2) is 19.0 Å². The monoisotopic (exact) mass is 243 g/mol. The molecule has 0 bridgehead atoms. The van der Waals surface area contributed by atoms with E-state index in [4.69, 9.17) is 0 Å². The molecule has 2 aliphatic rings. The van der Waals surface area contributed by atoms with Crippen molar-refractivity contribution in [3.05, 3.63) is 12.2 Å². The average Bonchev–Trinajstić information content (AvgIpc) is 2.29. The lowest BCUT2D eigenvalue weighted by Gasteiger charge is -2.29. The Morgan fingerprint density at radius 3 is 2.65 bits per heavy atom. The molecule has 1 fully saturated rings. The molecule has 2 atom stereocenters. The molecule has 2 aliphatic carbocycles. The van der Waals surface area contributed by atoms with E-state index < -0.39 is 5.92 Å². The Morgan fingerprint density at radius 1 is 1.12 bits per heavy atom. The molecule has 2 rings (SSSR count). The molecule has 2 unspecified atom stereocenters. The summed E-state index contributed by atoms with van der Waals surface area (Å²) in [5, 5.41) is 3.40. The lowest BCUT2D eigenvalue weighted by atomic mass is 9.86. The third kappa shape index (κ3) is 4.38. The van der Waals surface area contributed by atoms with Crippen molar-refractivity contribution in [3.8, 4) is 0 Å². The van der Waals surface area contributed by atoms with Gasteiger partial charge in [0.2, 0.25) is 5.92 Å². The Bertz CT molecular complexity index is 263. The second kappa shape index (κ2) is 5.94. The largest absolute Gasteiger partial charge is 0.316 e. The van der Waals surface area contributed by atoms with Gasteiger partial charge < -0.3 is 5.32 Å². The summed E-state index contributed by atoms with van der Waals surface area (Å²) in [6, 6.07) is 0. The van der Waals surface area contributed by atoms with Gasteiger partial charge in [0.15, 0.2) is 0 Å². The molecule has 0 aromatic carbocycles. The summed E-state index contributed by atoms with van der Waals surface area (Å²) in [5.74, 6) is -1.51. The van der Waals surface area contributed by atoms with E-state index in [1.54, 1.807) is 0 Å². The summed E-state index contributed by atoms with van der Waals surface area (Å²) >= 11 is 0. The van der Waals surface area contributed by atoms with Crippen molar-refractivity contribution in [2.24, 2.45) is 11.8 Å². The third-order valence-electron chi connectivity index (χ3n) is 3.99. The van der Waals surface area contributed by atoms with Crippen molar-refractivity contribution in [1.82, 2.24) is 5.32 Å². The zero-order chi connectivity index (χ0) is 12.1. The molecule has 0 aromatic rings. The van der Waals surface area contributed by atoms with Gasteiger partial charge in [-0.15, -0.1) is 0 Å². The highest BCUT2D eigenvalue weighted by Gasteiger charge is 2.35. The molecule has 0 aromatic heterocycles. The van der Waals surface area contributed by atoms with Crippen molar-refractivity contribution >= 4 is 0 Å². The Labute approximate surface area is 103 Å². The SMILES string of the molecule is FC1(F)CCCC(CNCC2CC=CCC2)C1. The maximum Gasteiger partial charge on any atom is 0.248 e. The highest BCUT2D eigenvalue weighted by Crippen LogP contribution is 2.36. The number of halogens is 2. The minimum absolute atomic E-state index is 0.0879. The van der Waals surface area contributed by atoms with Crippen LogP contribution in [0.5, 0.6) is 0 Å². The molecular formula is C14H23F2N. The Hall–Kier alpha value is -0.440. The number of rotatable bonds is 4. The molecule has 1 N–H and O–H groups in total. The fraction of sp³-hybridized carbons (Fsp3) is 0.857. The van der Waals surface area contributed by atoms with E-state index in [1.807, 2.05) is 0 Å². The summed E-state index contributed by atoms with van der Waals surface area (Å²) in [6.45, 7) is 1.77. The molecule has 0 saturated heterocycles. The zero-order valence-corrected chi connectivity index (χ0v) is 10.4. The van der Waals surface area contributed by atoms with Gasteiger partial charge in [0.05, 0.1) is 0 Å². The van der Waals surface area contributed by atoms with E-state index in [0.29, 0.717) is 12.3 Å². The second-order valence-electron chi connectivity index (χ2n) is 5.63.